The van der Waals surface area contributed by atoms with Crippen molar-refractivity contribution in [3.8, 4) is 23.0 Å². The van der Waals surface area contributed by atoms with E-state index in [4.69, 9.17) is 9.47 Å². The lowest BCUT2D eigenvalue weighted by Gasteiger charge is -2.21. The molecule has 4 nitrogen and oxygen atoms in total. The van der Waals surface area contributed by atoms with Crippen LogP contribution in [0, 0.1) is 0 Å². The molecule has 0 radical (unpaired) electrons. The Hall–Kier alpha value is -6.26. The van der Waals surface area contributed by atoms with E-state index in [1.54, 1.807) is 12.2 Å². The molecule has 0 spiro atoms. The number of carbonyl (C=O) groups is 2. The monoisotopic (exact) mass is 764 g/mol. The van der Waals surface area contributed by atoms with E-state index in [9.17, 15) is 9.59 Å². The van der Waals surface area contributed by atoms with Crippen LogP contribution in [0.1, 0.15) is 119 Å². The fourth-order valence-corrected chi connectivity index (χ4v) is 7.79. The number of ether oxygens (including phenoxy) is 2. The largest absolute Gasteiger partial charge is 0.457 e. The first-order valence-electron chi connectivity index (χ1n) is 20.9. The maximum Gasteiger partial charge on any atom is 0.185 e. The highest BCUT2D eigenvalue weighted by Crippen LogP contribution is 2.34. The zero-order valence-corrected chi connectivity index (χ0v) is 33.2. The summed E-state index contributed by atoms with van der Waals surface area (Å²) in [4.78, 5) is 25.0. The van der Waals surface area contributed by atoms with Crippen LogP contribution in [0.5, 0.6) is 23.0 Å². The zero-order valence-electron chi connectivity index (χ0n) is 33.2. The number of allylic oxidation sites excluding steroid dienone is 2. The van der Waals surface area contributed by atoms with Gasteiger partial charge in [-0.1, -0.05) is 160 Å². The fraction of sp³-hybridized carbons (Fsp3) is 0.222. The second-order valence-electron chi connectivity index (χ2n) is 15.3. The van der Waals surface area contributed by atoms with Crippen LogP contribution >= 0.6 is 0 Å². The highest BCUT2D eigenvalue weighted by Gasteiger charge is 2.17. The number of rotatable bonds is 12. The molecule has 58 heavy (non-hydrogen) atoms. The van der Waals surface area contributed by atoms with Crippen LogP contribution < -0.4 is 9.47 Å². The molecule has 0 saturated heterocycles. The van der Waals surface area contributed by atoms with Gasteiger partial charge < -0.3 is 9.47 Å². The fourth-order valence-electron chi connectivity index (χ4n) is 7.79. The molecule has 0 atom stereocenters. The van der Waals surface area contributed by atoms with Crippen molar-refractivity contribution in [2.45, 2.75) is 76.0 Å². The SMILES string of the molecule is O=C(/C=C/c1ccc(Oc2ccccc2)cc1)c1ccc(C2CCCCC2)cc1.O=C(/C=C/c1ccc(Oc2ccccc2)cc1)c1ccc(C2CCCCC2)cc1. The molecule has 2 aliphatic carbocycles. The number of para-hydroxylation sites is 2. The van der Waals surface area contributed by atoms with Crippen molar-refractivity contribution in [1.82, 2.24) is 0 Å². The first-order chi connectivity index (χ1) is 28.6. The molecule has 0 aromatic heterocycles. The van der Waals surface area contributed by atoms with Gasteiger partial charge in [-0.15, -0.1) is 0 Å². The average molecular weight is 765 g/mol. The third kappa shape index (κ3) is 11.9. The second-order valence-corrected chi connectivity index (χ2v) is 15.3. The summed E-state index contributed by atoms with van der Waals surface area (Å²) in [6, 6.07) is 51.2. The maximum absolute atomic E-state index is 12.5. The molecule has 6 aromatic rings. The third-order valence-corrected chi connectivity index (χ3v) is 11.1. The normalized spacial score (nSPS) is 14.8. The van der Waals surface area contributed by atoms with E-state index in [0.29, 0.717) is 11.8 Å². The summed E-state index contributed by atoms with van der Waals surface area (Å²) in [7, 11) is 0. The van der Waals surface area contributed by atoms with Crippen LogP contribution in [0.25, 0.3) is 12.2 Å². The summed E-state index contributed by atoms with van der Waals surface area (Å²) >= 11 is 0. The molecule has 6 aromatic carbocycles. The molecule has 0 aliphatic heterocycles. The second kappa shape index (κ2) is 20.8. The summed E-state index contributed by atoms with van der Waals surface area (Å²) in [5, 5.41) is 0. The van der Waals surface area contributed by atoms with E-state index >= 15 is 0 Å². The Bertz CT molecular complexity index is 2060. The van der Waals surface area contributed by atoms with Crippen molar-refractivity contribution in [2.24, 2.45) is 0 Å². The van der Waals surface area contributed by atoms with Crippen molar-refractivity contribution < 1.29 is 19.1 Å². The summed E-state index contributed by atoms with van der Waals surface area (Å²) in [6.07, 6.45) is 20.1. The van der Waals surface area contributed by atoms with Crippen molar-refractivity contribution in [3.63, 3.8) is 0 Å². The Morgan fingerprint density at radius 3 is 1.05 bits per heavy atom. The molecule has 0 amide bonds. The Kier molecular flexibility index (Phi) is 14.3. The maximum atomic E-state index is 12.5. The van der Waals surface area contributed by atoms with E-state index in [1.807, 2.05) is 146 Å². The third-order valence-electron chi connectivity index (χ3n) is 11.1. The Labute approximate surface area is 343 Å². The number of benzene rings is 6. The van der Waals surface area contributed by atoms with E-state index in [-0.39, 0.29) is 11.6 Å². The molecule has 292 valence electrons. The first kappa shape index (κ1) is 40.0. The number of hydrogen-bond acceptors (Lipinski definition) is 4. The molecule has 0 bridgehead atoms. The lowest BCUT2D eigenvalue weighted by Crippen LogP contribution is -2.04. The lowest BCUT2D eigenvalue weighted by atomic mass is 9.84. The molecule has 2 saturated carbocycles. The first-order valence-corrected chi connectivity index (χ1v) is 20.9. The van der Waals surface area contributed by atoms with Crippen LogP contribution in [0.15, 0.2) is 170 Å². The van der Waals surface area contributed by atoms with Gasteiger partial charge in [-0.25, -0.2) is 0 Å². The van der Waals surface area contributed by atoms with Gasteiger partial charge in [-0.2, -0.15) is 0 Å². The topological polar surface area (TPSA) is 52.6 Å². The molecule has 4 heteroatoms. The molecule has 0 N–H and O–H groups in total. The number of hydrogen-bond donors (Lipinski definition) is 0. The minimum Gasteiger partial charge on any atom is -0.457 e. The predicted molar refractivity (Wildman–Crippen MR) is 237 cm³/mol. The summed E-state index contributed by atoms with van der Waals surface area (Å²) in [5.74, 6) is 4.57. The smallest absolute Gasteiger partial charge is 0.185 e. The summed E-state index contributed by atoms with van der Waals surface area (Å²) < 4.78 is 11.6. The Morgan fingerprint density at radius 2 is 0.707 bits per heavy atom. The van der Waals surface area contributed by atoms with Crippen LogP contribution in [0.2, 0.25) is 0 Å². The number of ketones is 2. The standard InChI is InChI=1S/2C27H26O2/c2*28-27(24-16-14-23(15-17-24)22-7-3-1-4-8-22)20-13-21-11-18-26(19-12-21)29-25-9-5-2-6-10-25/h2*2,5-6,9-20,22H,1,3-4,7-8H2/b2*20-13+. The molecular formula is C54H52O4. The van der Waals surface area contributed by atoms with Crippen LogP contribution in [0.4, 0.5) is 0 Å². The van der Waals surface area contributed by atoms with E-state index in [2.05, 4.69) is 24.3 Å². The van der Waals surface area contributed by atoms with Crippen LogP contribution in [0.3, 0.4) is 0 Å². The van der Waals surface area contributed by atoms with E-state index in [0.717, 1.165) is 45.3 Å². The van der Waals surface area contributed by atoms with Gasteiger partial charge in [0.05, 0.1) is 0 Å². The van der Waals surface area contributed by atoms with Crippen molar-refractivity contribution in [1.29, 1.82) is 0 Å². The van der Waals surface area contributed by atoms with Gasteiger partial charge in [0.2, 0.25) is 0 Å². The molecular weight excluding hydrogens is 713 g/mol. The molecule has 8 rings (SSSR count). The Morgan fingerprint density at radius 1 is 0.379 bits per heavy atom. The van der Waals surface area contributed by atoms with Gasteiger partial charge in [-0.05, 0) is 120 Å². The van der Waals surface area contributed by atoms with Gasteiger partial charge >= 0.3 is 0 Å². The molecule has 2 fully saturated rings. The van der Waals surface area contributed by atoms with Gasteiger partial charge in [-0.3, -0.25) is 9.59 Å². The summed E-state index contributed by atoms with van der Waals surface area (Å²) in [6.45, 7) is 0. The average Bonchev–Trinajstić information content (AvgIpc) is 3.30. The highest BCUT2D eigenvalue weighted by atomic mass is 16.5. The van der Waals surface area contributed by atoms with E-state index < -0.39 is 0 Å². The predicted octanol–water partition coefficient (Wildman–Crippen LogP) is 14.8. The van der Waals surface area contributed by atoms with Crippen LogP contribution in [-0.2, 0) is 0 Å². The highest BCUT2D eigenvalue weighted by molar-refractivity contribution is 6.07. The Balaban J connectivity index is 0.000000177. The molecule has 2 aliphatic rings. The van der Waals surface area contributed by atoms with Gasteiger partial charge in [0, 0.05) is 11.1 Å². The van der Waals surface area contributed by atoms with Gasteiger partial charge in [0.25, 0.3) is 0 Å². The van der Waals surface area contributed by atoms with Gasteiger partial charge in [0.1, 0.15) is 23.0 Å². The van der Waals surface area contributed by atoms with Gasteiger partial charge in [0.15, 0.2) is 11.6 Å². The van der Waals surface area contributed by atoms with Crippen LogP contribution in [-0.4, -0.2) is 11.6 Å². The lowest BCUT2D eigenvalue weighted by molar-refractivity contribution is 0.103. The quantitative estimate of drug-likeness (QED) is 0.0920. The van der Waals surface area contributed by atoms with Crippen molar-refractivity contribution >= 4 is 23.7 Å². The number of carbonyl (C=O) groups excluding carboxylic acids is 2. The van der Waals surface area contributed by atoms with E-state index in [1.165, 1.54) is 75.3 Å². The minimum absolute atomic E-state index is 0.0322. The molecule has 0 unspecified atom stereocenters. The van der Waals surface area contributed by atoms with Crippen molar-refractivity contribution in [3.05, 3.63) is 203 Å². The van der Waals surface area contributed by atoms with Crippen molar-refractivity contribution in [2.75, 3.05) is 0 Å². The zero-order chi connectivity index (χ0) is 39.8. The molecule has 0 heterocycles. The summed E-state index contributed by atoms with van der Waals surface area (Å²) in [5.41, 5.74) is 6.17. The minimum atomic E-state index is 0.0322.